The summed E-state index contributed by atoms with van der Waals surface area (Å²) in [4.78, 5) is 36.6. The first-order valence-corrected chi connectivity index (χ1v) is 8.23. The van der Waals surface area contributed by atoms with E-state index in [-0.39, 0.29) is 16.9 Å². The van der Waals surface area contributed by atoms with Crippen LogP contribution >= 0.6 is 0 Å². The van der Waals surface area contributed by atoms with Crippen LogP contribution in [0.4, 0.5) is 0 Å². The summed E-state index contributed by atoms with van der Waals surface area (Å²) in [6, 6.07) is 7.99. The van der Waals surface area contributed by atoms with Crippen LogP contribution in [0.2, 0.25) is 0 Å². The van der Waals surface area contributed by atoms with E-state index in [0.29, 0.717) is 5.56 Å². The lowest BCUT2D eigenvalue weighted by Gasteiger charge is -2.14. The second kappa shape index (κ2) is 7.95. The Hall–Kier alpha value is -2.95. The Morgan fingerprint density at radius 2 is 1.38 bits per heavy atom. The summed E-state index contributed by atoms with van der Waals surface area (Å²) < 4.78 is 9.81. The molecule has 0 radical (unpaired) electrons. The molecule has 2 aromatic rings. The van der Waals surface area contributed by atoms with Gasteiger partial charge in [0.25, 0.3) is 0 Å². The largest absolute Gasteiger partial charge is 0.465 e. The Morgan fingerprint density at radius 1 is 0.808 bits per heavy atom. The maximum Gasteiger partial charge on any atom is 0.339 e. The number of carbonyl (C=O) groups is 3. The fraction of sp³-hybridized carbons (Fsp3) is 0.286. The van der Waals surface area contributed by atoms with Crippen LogP contribution in [0.3, 0.4) is 0 Å². The van der Waals surface area contributed by atoms with Gasteiger partial charge in [0.05, 0.1) is 18.2 Å². The van der Waals surface area contributed by atoms with E-state index in [4.69, 9.17) is 4.74 Å². The number of hydrogen-bond donors (Lipinski definition) is 0. The molecule has 26 heavy (non-hydrogen) atoms. The van der Waals surface area contributed by atoms with Crippen molar-refractivity contribution >= 4 is 17.7 Å². The number of ketones is 1. The third-order valence-electron chi connectivity index (χ3n) is 4.67. The number of ether oxygens (including phenoxy) is 2. The van der Waals surface area contributed by atoms with Crippen molar-refractivity contribution < 1.29 is 23.9 Å². The third kappa shape index (κ3) is 3.82. The molecule has 5 nitrogen and oxygen atoms in total. The molecule has 0 aliphatic rings. The maximum atomic E-state index is 12.5. The molecular formula is C21H22O5. The minimum atomic E-state index is -0.738. The van der Waals surface area contributed by atoms with E-state index in [1.807, 2.05) is 33.8 Å². The number of rotatable bonds is 5. The number of aryl methyl sites for hydroxylation is 1. The normalized spacial score (nSPS) is 10.3. The van der Waals surface area contributed by atoms with Crippen LogP contribution in [-0.4, -0.2) is 31.4 Å². The molecule has 2 aromatic carbocycles. The van der Waals surface area contributed by atoms with E-state index < -0.39 is 18.5 Å². The molecule has 0 atom stereocenters. The van der Waals surface area contributed by atoms with Crippen molar-refractivity contribution in [2.45, 2.75) is 27.7 Å². The summed E-state index contributed by atoms with van der Waals surface area (Å²) in [5.74, 6) is -1.65. The van der Waals surface area contributed by atoms with Crippen molar-refractivity contribution in [3.05, 3.63) is 69.3 Å². The minimum absolute atomic E-state index is 0.0696. The molecule has 5 heteroatoms. The van der Waals surface area contributed by atoms with Crippen LogP contribution in [0.25, 0.3) is 0 Å². The summed E-state index contributed by atoms with van der Waals surface area (Å²) in [6.07, 6.45) is 0. The van der Waals surface area contributed by atoms with Gasteiger partial charge in [-0.2, -0.15) is 0 Å². The molecule has 0 aliphatic heterocycles. The van der Waals surface area contributed by atoms with Gasteiger partial charge in [0, 0.05) is 5.56 Å². The first kappa shape index (κ1) is 19.4. The van der Waals surface area contributed by atoms with Gasteiger partial charge in [-0.3, -0.25) is 4.79 Å². The van der Waals surface area contributed by atoms with Gasteiger partial charge < -0.3 is 9.47 Å². The molecule has 136 valence electrons. The summed E-state index contributed by atoms with van der Waals surface area (Å²) in [7, 11) is 1.23. The standard InChI is InChI=1S/C21H22O5/c1-12-10-18(15(4)14(3)13(12)2)19(22)11-26-21(24)17-9-7-6-8-16(17)20(23)25-5/h6-10H,11H2,1-5H3. The van der Waals surface area contributed by atoms with Crippen LogP contribution in [0.5, 0.6) is 0 Å². The second-order valence-electron chi connectivity index (χ2n) is 6.15. The van der Waals surface area contributed by atoms with Crippen molar-refractivity contribution in [2.75, 3.05) is 13.7 Å². The summed E-state index contributed by atoms with van der Waals surface area (Å²) in [6.45, 7) is 7.40. The highest BCUT2D eigenvalue weighted by atomic mass is 16.5. The number of Topliss-reactive ketones (excluding diaryl/α,β-unsaturated/α-hetero) is 1. The molecule has 0 N–H and O–H groups in total. The lowest BCUT2D eigenvalue weighted by Crippen LogP contribution is -2.18. The van der Waals surface area contributed by atoms with Gasteiger partial charge >= 0.3 is 11.9 Å². The number of benzene rings is 2. The molecule has 0 saturated carbocycles. The molecule has 2 rings (SSSR count). The lowest BCUT2D eigenvalue weighted by molar-refractivity contribution is 0.0463. The monoisotopic (exact) mass is 354 g/mol. The topological polar surface area (TPSA) is 69.7 Å². The highest BCUT2D eigenvalue weighted by molar-refractivity contribution is 6.05. The zero-order valence-electron chi connectivity index (χ0n) is 15.6. The fourth-order valence-corrected chi connectivity index (χ4v) is 2.74. The van der Waals surface area contributed by atoms with E-state index >= 15 is 0 Å². The SMILES string of the molecule is COC(=O)c1ccccc1C(=O)OCC(=O)c1cc(C)c(C)c(C)c1C. The van der Waals surface area contributed by atoms with E-state index in [1.165, 1.54) is 19.2 Å². The van der Waals surface area contributed by atoms with Gasteiger partial charge in [-0.05, 0) is 68.1 Å². The Labute approximate surface area is 152 Å². The molecule has 0 spiro atoms. The average molecular weight is 354 g/mol. The third-order valence-corrected chi connectivity index (χ3v) is 4.67. The first-order valence-electron chi connectivity index (χ1n) is 8.23. The molecule has 0 aromatic heterocycles. The summed E-state index contributed by atoms with van der Waals surface area (Å²) >= 11 is 0. The van der Waals surface area contributed by atoms with Crippen molar-refractivity contribution in [1.82, 2.24) is 0 Å². The smallest absolute Gasteiger partial charge is 0.339 e. The molecule has 0 fully saturated rings. The quantitative estimate of drug-likeness (QED) is 0.604. The van der Waals surface area contributed by atoms with Gasteiger partial charge in [-0.15, -0.1) is 0 Å². The Morgan fingerprint density at radius 3 is 1.96 bits per heavy atom. The molecule has 0 aliphatic carbocycles. The molecule has 0 amide bonds. The fourth-order valence-electron chi connectivity index (χ4n) is 2.74. The Kier molecular flexibility index (Phi) is 5.93. The zero-order chi connectivity index (χ0) is 19.4. The van der Waals surface area contributed by atoms with E-state index in [9.17, 15) is 14.4 Å². The van der Waals surface area contributed by atoms with Gasteiger partial charge in [0.1, 0.15) is 0 Å². The summed E-state index contributed by atoms with van der Waals surface area (Å²) in [5, 5.41) is 0. The highest BCUT2D eigenvalue weighted by Crippen LogP contribution is 2.22. The van der Waals surface area contributed by atoms with Crippen LogP contribution < -0.4 is 0 Å². The van der Waals surface area contributed by atoms with E-state index in [2.05, 4.69) is 4.74 Å². The van der Waals surface area contributed by atoms with Crippen LogP contribution in [-0.2, 0) is 9.47 Å². The Balaban J connectivity index is 2.19. The van der Waals surface area contributed by atoms with Gasteiger partial charge in [-0.1, -0.05) is 12.1 Å². The van der Waals surface area contributed by atoms with Crippen molar-refractivity contribution in [3.8, 4) is 0 Å². The minimum Gasteiger partial charge on any atom is -0.465 e. The van der Waals surface area contributed by atoms with Crippen molar-refractivity contribution in [1.29, 1.82) is 0 Å². The molecule has 0 bridgehead atoms. The number of esters is 2. The predicted octanol–water partition coefficient (Wildman–Crippen LogP) is 3.75. The molecule has 0 unspecified atom stereocenters. The van der Waals surface area contributed by atoms with Crippen LogP contribution in [0.15, 0.2) is 30.3 Å². The molecule has 0 heterocycles. The van der Waals surface area contributed by atoms with Crippen LogP contribution in [0, 0.1) is 27.7 Å². The average Bonchev–Trinajstić information content (AvgIpc) is 2.66. The molecular weight excluding hydrogens is 332 g/mol. The van der Waals surface area contributed by atoms with Gasteiger partial charge in [0.15, 0.2) is 6.61 Å². The van der Waals surface area contributed by atoms with Gasteiger partial charge in [0.2, 0.25) is 5.78 Å². The first-order chi connectivity index (χ1) is 12.3. The Bertz CT molecular complexity index is 880. The highest BCUT2D eigenvalue weighted by Gasteiger charge is 2.20. The lowest BCUT2D eigenvalue weighted by atomic mass is 9.93. The molecule has 0 saturated heterocycles. The maximum absolute atomic E-state index is 12.5. The number of methoxy groups -OCH3 is 1. The predicted molar refractivity (Wildman–Crippen MR) is 97.8 cm³/mol. The number of carbonyl (C=O) groups excluding carboxylic acids is 3. The van der Waals surface area contributed by atoms with Gasteiger partial charge in [-0.25, -0.2) is 9.59 Å². The summed E-state index contributed by atoms with van der Waals surface area (Å²) in [5.41, 5.74) is 4.80. The van der Waals surface area contributed by atoms with E-state index in [1.54, 1.807) is 12.1 Å². The second-order valence-corrected chi connectivity index (χ2v) is 6.15. The van der Waals surface area contributed by atoms with Crippen molar-refractivity contribution in [3.63, 3.8) is 0 Å². The number of hydrogen-bond acceptors (Lipinski definition) is 5. The van der Waals surface area contributed by atoms with Crippen LogP contribution in [0.1, 0.15) is 53.3 Å². The van der Waals surface area contributed by atoms with Crippen molar-refractivity contribution in [2.24, 2.45) is 0 Å². The van der Waals surface area contributed by atoms with E-state index in [0.717, 1.165) is 22.3 Å². The zero-order valence-corrected chi connectivity index (χ0v) is 15.6.